The standard InChI is InChI=1S/C9H10BrN.ClH/c1-6-9-4-8(10)3-2-7(9)5-11-6;/h2-4,6,11H,5H2,1H3;1H/t6-;/m1./s1. The normalized spacial score (nSPS) is 20.0. The van der Waals surface area contributed by atoms with E-state index in [9.17, 15) is 0 Å². The lowest BCUT2D eigenvalue weighted by Gasteiger charge is -2.03. The molecule has 1 nitrogen and oxygen atoms in total. The van der Waals surface area contributed by atoms with Crippen molar-refractivity contribution >= 4 is 28.3 Å². The van der Waals surface area contributed by atoms with Crippen LogP contribution >= 0.6 is 28.3 Å². The van der Waals surface area contributed by atoms with Gasteiger partial charge in [0, 0.05) is 17.1 Å². The van der Waals surface area contributed by atoms with Gasteiger partial charge in [-0.05, 0) is 30.2 Å². The monoisotopic (exact) mass is 247 g/mol. The van der Waals surface area contributed by atoms with E-state index in [-0.39, 0.29) is 12.4 Å². The Balaban J connectivity index is 0.000000720. The Morgan fingerprint density at radius 3 is 3.00 bits per heavy atom. The molecule has 0 amide bonds. The number of benzene rings is 1. The maximum absolute atomic E-state index is 3.46. The van der Waals surface area contributed by atoms with Crippen molar-refractivity contribution in [2.45, 2.75) is 19.5 Å². The van der Waals surface area contributed by atoms with Gasteiger partial charge < -0.3 is 5.32 Å². The Labute approximate surface area is 87.1 Å². The summed E-state index contributed by atoms with van der Waals surface area (Å²) < 4.78 is 1.17. The van der Waals surface area contributed by atoms with Crippen molar-refractivity contribution in [1.29, 1.82) is 0 Å². The van der Waals surface area contributed by atoms with E-state index in [1.165, 1.54) is 15.6 Å². The second kappa shape index (κ2) is 3.77. The van der Waals surface area contributed by atoms with Gasteiger partial charge in [-0.25, -0.2) is 0 Å². The molecule has 1 aromatic rings. The van der Waals surface area contributed by atoms with Crippen molar-refractivity contribution in [2.75, 3.05) is 0 Å². The van der Waals surface area contributed by atoms with E-state index >= 15 is 0 Å². The minimum absolute atomic E-state index is 0. The molecule has 1 atom stereocenters. The molecule has 1 aromatic carbocycles. The van der Waals surface area contributed by atoms with Crippen molar-refractivity contribution < 1.29 is 0 Å². The van der Waals surface area contributed by atoms with Gasteiger partial charge in [0.25, 0.3) is 0 Å². The predicted octanol–water partition coefficient (Wildman–Crippen LogP) is 3.04. The molecule has 3 heteroatoms. The van der Waals surface area contributed by atoms with Gasteiger partial charge in [0.15, 0.2) is 0 Å². The highest BCUT2D eigenvalue weighted by Gasteiger charge is 2.16. The fourth-order valence-electron chi connectivity index (χ4n) is 1.50. The number of halogens is 2. The van der Waals surface area contributed by atoms with Crippen molar-refractivity contribution in [3.05, 3.63) is 33.8 Å². The maximum atomic E-state index is 3.46. The highest BCUT2D eigenvalue weighted by atomic mass is 79.9. The first-order valence-corrected chi connectivity index (χ1v) is 4.58. The highest BCUT2D eigenvalue weighted by molar-refractivity contribution is 9.10. The lowest BCUT2D eigenvalue weighted by atomic mass is 10.1. The molecular formula is C9H11BrClN. The Bertz CT molecular complexity index is 288. The molecular weight excluding hydrogens is 237 g/mol. The first-order chi connectivity index (χ1) is 5.27. The van der Waals surface area contributed by atoms with Crippen LogP contribution in [0.4, 0.5) is 0 Å². The van der Waals surface area contributed by atoms with Gasteiger partial charge in [0.1, 0.15) is 0 Å². The summed E-state index contributed by atoms with van der Waals surface area (Å²) in [7, 11) is 0. The molecule has 0 aromatic heterocycles. The van der Waals surface area contributed by atoms with Gasteiger partial charge in [-0.15, -0.1) is 12.4 Å². The molecule has 0 fully saturated rings. The Morgan fingerprint density at radius 1 is 1.50 bits per heavy atom. The summed E-state index contributed by atoms with van der Waals surface area (Å²) in [6.45, 7) is 3.21. The lowest BCUT2D eigenvalue weighted by molar-refractivity contribution is 0.633. The number of nitrogens with one attached hydrogen (secondary N) is 1. The van der Waals surface area contributed by atoms with Gasteiger partial charge in [-0.2, -0.15) is 0 Å². The van der Waals surface area contributed by atoms with Crippen molar-refractivity contribution in [2.24, 2.45) is 0 Å². The SMILES string of the molecule is C[C@H]1NCc2ccc(Br)cc21.Cl. The van der Waals surface area contributed by atoms with E-state index in [1.807, 2.05) is 0 Å². The molecule has 0 saturated carbocycles. The first-order valence-electron chi connectivity index (χ1n) is 3.79. The van der Waals surface area contributed by atoms with E-state index in [0.29, 0.717) is 6.04 Å². The van der Waals surface area contributed by atoms with E-state index in [2.05, 4.69) is 46.4 Å². The zero-order valence-corrected chi connectivity index (χ0v) is 9.21. The smallest absolute Gasteiger partial charge is 0.0298 e. The fourth-order valence-corrected chi connectivity index (χ4v) is 1.88. The van der Waals surface area contributed by atoms with Crippen LogP contribution in [0.3, 0.4) is 0 Å². The number of hydrogen-bond acceptors (Lipinski definition) is 1. The zero-order chi connectivity index (χ0) is 7.84. The van der Waals surface area contributed by atoms with Crippen LogP contribution < -0.4 is 5.32 Å². The summed E-state index contributed by atoms with van der Waals surface area (Å²) >= 11 is 3.46. The molecule has 1 aliphatic rings. The third-order valence-corrected chi connectivity index (χ3v) is 2.67. The van der Waals surface area contributed by atoms with Crippen LogP contribution in [0, 0.1) is 0 Å². The zero-order valence-electron chi connectivity index (χ0n) is 6.80. The molecule has 12 heavy (non-hydrogen) atoms. The van der Waals surface area contributed by atoms with E-state index in [4.69, 9.17) is 0 Å². The van der Waals surface area contributed by atoms with Crippen LogP contribution in [0.5, 0.6) is 0 Å². The quantitative estimate of drug-likeness (QED) is 0.744. The van der Waals surface area contributed by atoms with Crippen LogP contribution in [-0.4, -0.2) is 0 Å². The summed E-state index contributed by atoms with van der Waals surface area (Å²) in [6, 6.07) is 6.98. The minimum atomic E-state index is 0. The summed E-state index contributed by atoms with van der Waals surface area (Å²) in [5, 5.41) is 3.39. The summed E-state index contributed by atoms with van der Waals surface area (Å²) in [5.41, 5.74) is 2.86. The van der Waals surface area contributed by atoms with Crippen molar-refractivity contribution in [3.8, 4) is 0 Å². The molecule has 1 heterocycles. The predicted molar refractivity (Wildman–Crippen MR) is 56.6 cm³/mol. The summed E-state index contributed by atoms with van der Waals surface area (Å²) in [6.07, 6.45) is 0. The molecule has 0 radical (unpaired) electrons. The van der Waals surface area contributed by atoms with E-state index < -0.39 is 0 Å². The van der Waals surface area contributed by atoms with Crippen LogP contribution in [0.25, 0.3) is 0 Å². The molecule has 0 unspecified atom stereocenters. The topological polar surface area (TPSA) is 12.0 Å². The summed E-state index contributed by atoms with van der Waals surface area (Å²) in [4.78, 5) is 0. The second-order valence-corrected chi connectivity index (χ2v) is 3.86. The minimum Gasteiger partial charge on any atom is -0.306 e. The molecule has 0 bridgehead atoms. The Morgan fingerprint density at radius 2 is 2.25 bits per heavy atom. The van der Waals surface area contributed by atoms with E-state index in [1.54, 1.807) is 0 Å². The van der Waals surface area contributed by atoms with Crippen LogP contribution in [0.2, 0.25) is 0 Å². The molecule has 1 aliphatic heterocycles. The average molecular weight is 249 g/mol. The van der Waals surface area contributed by atoms with Crippen LogP contribution in [-0.2, 0) is 6.54 Å². The molecule has 0 aliphatic carbocycles. The molecule has 66 valence electrons. The number of fused-ring (bicyclic) bond motifs is 1. The Hall–Kier alpha value is -0.0500. The first kappa shape index (κ1) is 10.0. The molecule has 0 saturated heterocycles. The van der Waals surface area contributed by atoms with Gasteiger partial charge in [-0.1, -0.05) is 22.0 Å². The molecule has 0 spiro atoms. The highest BCUT2D eigenvalue weighted by Crippen LogP contribution is 2.27. The van der Waals surface area contributed by atoms with Gasteiger partial charge in [0.2, 0.25) is 0 Å². The third-order valence-electron chi connectivity index (χ3n) is 2.17. The molecule has 2 rings (SSSR count). The summed E-state index contributed by atoms with van der Waals surface area (Å²) in [5.74, 6) is 0. The number of rotatable bonds is 0. The Kier molecular flexibility index (Phi) is 3.16. The van der Waals surface area contributed by atoms with Gasteiger partial charge in [-0.3, -0.25) is 0 Å². The third kappa shape index (κ3) is 1.65. The molecule has 1 N–H and O–H groups in total. The van der Waals surface area contributed by atoms with Crippen LogP contribution in [0.1, 0.15) is 24.1 Å². The second-order valence-electron chi connectivity index (χ2n) is 2.95. The van der Waals surface area contributed by atoms with Gasteiger partial charge in [0.05, 0.1) is 0 Å². The van der Waals surface area contributed by atoms with E-state index in [0.717, 1.165) is 6.54 Å². The van der Waals surface area contributed by atoms with Gasteiger partial charge >= 0.3 is 0 Å². The lowest BCUT2D eigenvalue weighted by Crippen LogP contribution is -2.06. The maximum Gasteiger partial charge on any atom is 0.0298 e. The van der Waals surface area contributed by atoms with Crippen molar-refractivity contribution in [3.63, 3.8) is 0 Å². The van der Waals surface area contributed by atoms with Crippen molar-refractivity contribution in [1.82, 2.24) is 5.32 Å². The fraction of sp³-hybridized carbons (Fsp3) is 0.333. The average Bonchev–Trinajstić information content (AvgIpc) is 2.33. The van der Waals surface area contributed by atoms with Crippen LogP contribution in [0.15, 0.2) is 22.7 Å². The largest absolute Gasteiger partial charge is 0.306 e. The number of hydrogen-bond donors (Lipinski definition) is 1.